The van der Waals surface area contributed by atoms with Gasteiger partial charge in [-0.2, -0.15) is 0 Å². The second-order valence-corrected chi connectivity index (χ2v) is 10.1. The number of allylic oxidation sites excluding steroid dienone is 2. The maximum Gasteiger partial charge on any atom is 0.223 e. The Morgan fingerprint density at radius 2 is 2.00 bits per heavy atom. The van der Waals surface area contributed by atoms with E-state index in [0.29, 0.717) is 16.3 Å². The van der Waals surface area contributed by atoms with Gasteiger partial charge in [0.25, 0.3) is 0 Å². The van der Waals surface area contributed by atoms with Gasteiger partial charge in [-0.05, 0) is 43.5 Å². The first-order valence-corrected chi connectivity index (χ1v) is 12.9. The van der Waals surface area contributed by atoms with Gasteiger partial charge in [-0.25, -0.2) is 4.98 Å². The Morgan fingerprint density at radius 1 is 1.26 bits per heavy atom. The smallest absolute Gasteiger partial charge is 0.223 e. The van der Waals surface area contributed by atoms with Crippen molar-refractivity contribution in [2.75, 3.05) is 14.1 Å². The van der Waals surface area contributed by atoms with Crippen molar-refractivity contribution < 1.29 is 19.7 Å². The first-order chi connectivity index (χ1) is 18.2. The fourth-order valence-corrected chi connectivity index (χ4v) is 5.00. The summed E-state index contributed by atoms with van der Waals surface area (Å²) >= 11 is 6.50. The highest BCUT2D eigenvalue weighted by Crippen LogP contribution is 2.33. The summed E-state index contributed by atoms with van der Waals surface area (Å²) in [6.45, 7) is 6.15. The zero-order valence-corrected chi connectivity index (χ0v) is 22.6. The molecule has 4 rings (SSSR count). The first-order valence-electron chi connectivity index (χ1n) is 12.5. The number of carbonyl (C=O) groups excluding carboxylic acids is 1. The lowest BCUT2D eigenvalue weighted by atomic mass is 10.0. The van der Waals surface area contributed by atoms with E-state index in [1.54, 1.807) is 18.5 Å². The summed E-state index contributed by atoms with van der Waals surface area (Å²) in [5.41, 5.74) is 5.05. The van der Waals surface area contributed by atoms with Crippen molar-refractivity contribution in [2.45, 2.75) is 45.1 Å². The van der Waals surface area contributed by atoms with Gasteiger partial charge in [0.2, 0.25) is 5.91 Å². The van der Waals surface area contributed by atoms with Crippen LogP contribution in [0, 0.1) is 12.8 Å². The molecule has 3 aromatic rings. The first kappa shape index (κ1) is 27.6. The number of para-hydroxylation sites is 1. The number of aliphatic hydroxyl groups is 2. The van der Waals surface area contributed by atoms with E-state index < -0.39 is 18.1 Å². The Hall–Kier alpha value is -3.46. The highest BCUT2D eigenvalue weighted by atomic mass is 35.5. The molecular weight excluding hydrogens is 504 g/mol. The number of pyridine rings is 2. The van der Waals surface area contributed by atoms with E-state index in [4.69, 9.17) is 21.3 Å². The van der Waals surface area contributed by atoms with Gasteiger partial charge in [0.15, 0.2) is 0 Å². The molecule has 3 atom stereocenters. The van der Waals surface area contributed by atoms with E-state index in [1.165, 1.54) is 0 Å². The molecule has 0 radical (unpaired) electrons. The zero-order valence-electron chi connectivity index (χ0n) is 21.8. The van der Waals surface area contributed by atoms with Crippen LogP contribution in [0.4, 0.5) is 0 Å². The van der Waals surface area contributed by atoms with E-state index in [9.17, 15) is 15.0 Å². The third-order valence-electron chi connectivity index (χ3n) is 6.75. The Labute approximate surface area is 227 Å². The zero-order chi connectivity index (χ0) is 27.4. The van der Waals surface area contributed by atoms with Crippen molar-refractivity contribution in [1.82, 2.24) is 20.2 Å². The molecule has 0 spiro atoms. The number of fused-ring (bicyclic) bond motifs is 1. The largest absolute Gasteiger partial charge is 0.487 e. The van der Waals surface area contributed by atoms with Gasteiger partial charge in [-0.1, -0.05) is 36.4 Å². The van der Waals surface area contributed by atoms with Gasteiger partial charge >= 0.3 is 0 Å². The van der Waals surface area contributed by atoms with Gasteiger partial charge in [-0.3, -0.25) is 9.78 Å². The molecule has 9 heteroatoms. The molecule has 1 aliphatic rings. The van der Waals surface area contributed by atoms with Crippen molar-refractivity contribution in [3.05, 3.63) is 82.8 Å². The number of amides is 1. The third-order valence-corrected chi connectivity index (χ3v) is 7.08. The van der Waals surface area contributed by atoms with E-state index >= 15 is 0 Å². The standard InChI is InChI=1S/C29H33ClN4O4/c1-5-7-24(34(3)4)21-10-17(2)33-28-20(21)8-6-9-27(28)38-16-22-19(13-31-15-23(22)30)14-32-29(37)18-11-25(35)26(36)12-18/h5-10,13,15,18,25-26,35-36H,1,11-12,14,16H2,2-4H3,(H,32,37)/b24-7-/t18?,25-,26+. The van der Waals surface area contributed by atoms with Gasteiger partial charge in [0.05, 0.1) is 17.2 Å². The molecule has 2 heterocycles. The van der Waals surface area contributed by atoms with E-state index in [0.717, 1.165) is 33.4 Å². The van der Waals surface area contributed by atoms with Gasteiger partial charge in [-0.15, -0.1) is 0 Å². The third kappa shape index (κ3) is 5.99. The molecule has 2 aromatic heterocycles. The second kappa shape index (κ2) is 11.9. The second-order valence-electron chi connectivity index (χ2n) is 9.71. The highest BCUT2D eigenvalue weighted by molar-refractivity contribution is 6.31. The average Bonchev–Trinajstić information content (AvgIpc) is 3.22. The number of ether oxygens (including phenoxy) is 1. The van der Waals surface area contributed by atoms with Crippen LogP contribution in [0.2, 0.25) is 5.02 Å². The van der Waals surface area contributed by atoms with Crippen LogP contribution in [0.3, 0.4) is 0 Å². The van der Waals surface area contributed by atoms with Crippen molar-refractivity contribution in [3.63, 3.8) is 0 Å². The summed E-state index contributed by atoms with van der Waals surface area (Å²) in [6.07, 6.45) is 5.65. The lowest BCUT2D eigenvalue weighted by Gasteiger charge is -2.20. The Kier molecular flexibility index (Phi) is 8.66. The van der Waals surface area contributed by atoms with Crippen LogP contribution in [0.15, 0.2) is 55.4 Å². The fraction of sp³-hybridized carbons (Fsp3) is 0.345. The molecular formula is C29H33ClN4O4. The van der Waals surface area contributed by atoms with E-state index in [1.807, 2.05) is 56.3 Å². The molecule has 200 valence electrons. The average molecular weight is 537 g/mol. The van der Waals surface area contributed by atoms with Crippen LogP contribution in [-0.4, -0.2) is 57.3 Å². The monoisotopic (exact) mass is 536 g/mol. The topological polar surface area (TPSA) is 108 Å². The number of hydrogen-bond donors (Lipinski definition) is 3. The number of aryl methyl sites for hydroxylation is 1. The van der Waals surface area contributed by atoms with E-state index in [2.05, 4.69) is 16.9 Å². The SMILES string of the molecule is C=C/C=C(/c1cc(C)nc2c(OCc3c(Cl)cncc3CNC(=O)C3C[C@@H](O)[C@@H](O)C3)cccc12)N(C)C. The van der Waals surface area contributed by atoms with Crippen molar-refractivity contribution in [2.24, 2.45) is 5.92 Å². The summed E-state index contributed by atoms with van der Waals surface area (Å²) in [6, 6.07) is 7.86. The van der Waals surface area contributed by atoms with Crippen LogP contribution >= 0.6 is 11.6 Å². The molecule has 38 heavy (non-hydrogen) atoms. The minimum atomic E-state index is -0.873. The van der Waals surface area contributed by atoms with Crippen LogP contribution in [0.25, 0.3) is 16.6 Å². The van der Waals surface area contributed by atoms with Crippen LogP contribution < -0.4 is 10.1 Å². The quantitative estimate of drug-likeness (QED) is 0.355. The number of aliphatic hydroxyl groups excluding tert-OH is 2. The molecule has 0 bridgehead atoms. The number of carbonyl (C=O) groups is 1. The number of halogens is 1. The number of benzene rings is 1. The van der Waals surface area contributed by atoms with Crippen LogP contribution in [-0.2, 0) is 17.9 Å². The number of nitrogens with one attached hydrogen (secondary N) is 1. The van der Waals surface area contributed by atoms with Crippen molar-refractivity contribution in [3.8, 4) is 5.75 Å². The predicted molar refractivity (Wildman–Crippen MR) is 149 cm³/mol. The molecule has 1 aliphatic carbocycles. The van der Waals surface area contributed by atoms with E-state index in [-0.39, 0.29) is 31.9 Å². The molecule has 1 aromatic carbocycles. The molecule has 0 aliphatic heterocycles. The molecule has 1 amide bonds. The van der Waals surface area contributed by atoms with Crippen molar-refractivity contribution in [1.29, 1.82) is 0 Å². The van der Waals surface area contributed by atoms with Gasteiger partial charge < -0.3 is 25.2 Å². The number of rotatable bonds is 9. The molecule has 0 saturated heterocycles. The predicted octanol–water partition coefficient (Wildman–Crippen LogP) is 4.01. The van der Waals surface area contributed by atoms with Crippen LogP contribution in [0.5, 0.6) is 5.75 Å². The van der Waals surface area contributed by atoms with Crippen LogP contribution in [0.1, 0.15) is 35.2 Å². The lowest BCUT2D eigenvalue weighted by Crippen LogP contribution is -2.30. The normalized spacial score (nSPS) is 19.4. The number of aromatic nitrogens is 2. The summed E-state index contributed by atoms with van der Waals surface area (Å²) in [7, 11) is 3.97. The summed E-state index contributed by atoms with van der Waals surface area (Å²) in [5.74, 6) is -0.0489. The molecule has 3 N–H and O–H groups in total. The minimum Gasteiger partial charge on any atom is -0.487 e. The molecule has 1 unspecified atom stereocenters. The Bertz CT molecular complexity index is 1360. The van der Waals surface area contributed by atoms with Gasteiger partial charge in [0.1, 0.15) is 17.9 Å². The Balaban J connectivity index is 1.57. The summed E-state index contributed by atoms with van der Waals surface area (Å²) in [5, 5.41) is 23.8. The Morgan fingerprint density at radius 3 is 2.68 bits per heavy atom. The maximum atomic E-state index is 12.6. The summed E-state index contributed by atoms with van der Waals surface area (Å²) < 4.78 is 6.26. The van der Waals surface area contributed by atoms with Crippen molar-refractivity contribution >= 4 is 34.1 Å². The number of hydrogen-bond acceptors (Lipinski definition) is 7. The minimum absolute atomic E-state index is 0.153. The fourth-order valence-electron chi connectivity index (χ4n) is 4.77. The summed E-state index contributed by atoms with van der Waals surface area (Å²) in [4.78, 5) is 23.6. The molecule has 1 saturated carbocycles. The molecule has 1 fully saturated rings. The molecule has 8 nitrogen and oxygen atoms in total. The highest BCUT2D eigenvalue weighted by Gasteiger charge is 2.35. The van der Waals surface area contributed by atoms with Gasteiger partial charge in [0, 0.05) is 66.9 Å². The lowest BCUT2D eigenvalue weighted by molar-refractivity contribution is -0.125. The maximum absolute atomic E-state index is 12.6. The number of nitrogens with zero attached hydrogens (tertiary/aromatic N) is 3.